The smallest absolute Gasteiger partial charge is 0.350 e. The van der Waals surface area contributed by atoms with E-state index in [0.29, 0.717) is 28.5 Å². The SMILES string of the molecule is COC(=O)c1sc(N2C(=O)C(=O)C(=C(O)c3cccc(OC)c3)[C@H]2c2cc(OC)ccc2OC)nc1C. The molecule has 0 radical (unpaired) electrons. The fraction of sp³-hybridized carbons (Fsp3) is 0.231. The summed E-state index contributed by atoms with van der Waals surface area (Å²) in [6.45, 7) is 1.60. The van der Waals surface area contributed by atoms with Crippen LogP contribution in [0.5, 0.6) is 17.2 Å². The third-order valence-electron chi connectivity index (χ3n) is 5.88. The van der Waals surface area contributed by atoms with Crippen LogP contribution in [-0.2, 0) is 14.3 Å². The maximum atomic E-state index is 13.5. The molecule has 0 aliphatic carbocycles. The highest BCUT2D eigenvalue weighted by molar-refractivity contribution is 7.17. The first kappa shape index (κ1) is 25.7. The molecule has 0 saturated carbocycles. The Morgan fingerprint density at radius 1 is 1.00 bits per heavy atom. The Hall–Kier alpha value is -4.38. The number of ether oxygens (including phenoxy) is 4. The van der Waals surface area contributed by atoms with Gasteiger partial charge in [0.05, 0.1) is 39.7 Å². The van der Waals surface area contributed by atoms with E-state index in [1.54, 1.807) is 49.4 Å². The molecule has 1 amide bonds. The van der Waals surface area contributed by atoms with Crippen molar-refractivity contribution in [1.29, 1.82) is 0 Å². The van der Waals surface area contributed by atoms with Gasteiger partial charge in [-0.1, -0.05) is 23.5 Å². The number of hydrogen-bond donors (Lipinski definition) is 1. The minimum Gasteiger partial charge on any atom is -0.507 e. The molecular weight excluding hydrogens is 500 g/mol. The van der Waals surface area contributed by atoms with Gasteiger partial charge in [-0.05, 0) is 37.3 Å². The minimum atomic E-state index is -1.15. The highest BCUT2D eigenvalue weighted by Crippen LogP contribution is 2.47. The Morgan fingerprint density at radius 2 is 1.70 bits per heavy atom. The van der Waals surface area contributed by atoms with Gasteiger partial charge in [0.1, 0.15) is 33.9 Å². The third kappa shape index (κ3) is 4.49. The Morgan fingerprint density at radius 3 is 2.35 bits per heavy atom. The van der Waals surface area contributed by atoms with Crippen LogP contribution in [0.2, 0.25) is 0 Å². The topological polar surface area (TPSA) is 124 Å². The average Bonchev–Trinajstić information content (AvgIpc) is 3.43. The quantitative estimate of drug-likeness (QED) is 0.212. The number of amides is 1. The molecule has 1 atom stereocenters. The van der Waals surface area contributed by atoms with Gasteiger partial charge in [-0.2, -0.15) is 0 Å². The fourth-order valence-corrected chi connectivity index (χ4v) is 5.08. The Kier molecular flexibility index (Phi) is 7.16. The van der Waals surface area contributed by atoms with Crippen molar-refractivity contribution < 1.29 is 38.4 Å². The molecule has 1 fully saturated rings. The van der Waals surface area contributed by atoms with E-state index in [2.05, 4.69) is 4.98 Å². The monoisotopic (exact) mass is 524 g/mol. The van der Waals surface area contributed by atoms with Crippen LogP contribution in [0.3, 0.4) is 0 Å². The molecule has 0 spiro atoms. The molecule has 4 rings (SSSR count). The highest BCUT2D eigenvalue weighted by atomic mass is 32.1. The number of aliphatic hydroxyl groups excluding tert-OH is 1. The molecule has 3 aromatic rings. The van der Waals surface area contributed by atoms with Crippen molar-refractivity contribution in [3.8, 4) is 17.2 Å². The Bertz CT molecular complexity index is 1430. The van der Waals surface area contributed by atoms with Crippen molar-refractivity contribution in [2.45, 2.75) is 13.0 Å². The zero-order chi connectivity index (χ0) is 26.9. The molecule has 2 heterocycles. The molecule has 1 aliphatic rings. The predicted octanol–water partition coefficient (Wildman–Crippen LogP) is 3.89. The van der Waals surface area contributed by atoms with Gasteiger partial charge >= 0.3 is 11.9 Å². The largest absolute Gasteiger partial charge is 0.507 e. The van der Waals surface area contributed by atoms with E-state index < -0.39 is 29.5 Å². The first-order chi connectivity index (χ1) is 17.7. The number of nitrogens with zero attached hydrogens (tertiary/aromatic N) is 2. The van der Waals surface area contributed by atoms with Crippen LogP contribution in [0.1, 0.15) is 32.5 Å². The van der Waals surface area contributed by atoms with Crippen molar-refractivity contribution in [2.75, 3.05) is 33.3 Å². The number of aryl methyl sites for hydroxylation is 1. The van der Waals surface area contributed by atoms with Crippen LogP contribution in [0.15, 0.2) is 48.0 Å². The second-order valence-corrected chi connectivity index (χ2v) is 8.89. The maximum Gasteiger partial charge on any atom is 0.350 e. The first-order valence-electron chi connectivity index (χ1n) is 11.0. The summed E-state index contributed by atoms with van der Waals surface area (Å²) in [7, 11) is 5.64. The second-order valence-electron chi connectivity index (χ2n) is 7.91. The van der Waals surface area contributed by atoms with E-state index in [0.717, 1.165) is 16.2 Å². The molecule has 2 aromatic carbocycles. The molecule has 1 aliphatic heterocycles. The van der Waals surface area contributed by atoms with E-state index >= 15 is 0 Å². The molecular formula is C26H24N2O8S. The van der Waals surface area contributed by atoms with Crippen molar-refractivity contribution in [3.05, 3.63) is 69.7 Å². The molecule has 37 heavy (non-hydrogen) atoms. The van der Waals surface area contributed by atoms with Crippen molar-refractivity contribution in [3.63, 3.8) is 0 Å². The number of methoxy groups -OCH3 is 4. The normalized spacial score (nSPS) is 16.6. The molecule has 0 unspecified atom stereocenters. The van der Waals surface area contributed by atoms with E-state index in [-0.39, 0.29) is 21.1 Å². The average molecular weight is 525 g/mol. The standard InChI is InChI=1S/C26H24N2O8S/c1-13-23(25(32)36-5)37-26(27-13)28-20(17-12-16(34-3)9-10-18(17)35-4)19(22(30)24(28)31)21(29)14-7-6-8-15(11-14)33-2/h6-12,20,29H,1-5H3/t20-/m1/s1. The molecule has 1 saturated heterocycles. The molecule has 10 nitrogen and oxygen atoms in total. The second kappa shape index (κ2) is 10.3. The number of hydrogen-bond acceptors (Lipinski definition) is 10. The number of thiazole rings is 1. The summed E-state index contributed by atoms with van der Waals surface area (Å²) in [6, 6.07) is 10.2. The summed E-state index contributed by atoms with van der Waals surface area (Å²) in [5.74, 6) is -1.65. The molecule has 1 N–H and O–H groups in total. The van der Waals surface area contributed by atoms with Crippen LogP contribution in [-0.4, -0.2) is 56.2 Å². The van der Waals surface area contributed by atoms with E-state index in [4.69, 9.17) is 18.9 Å². The lowest BCUT2D eigenvalue weighted by Gasteiger charge is -2.25. The lowest BCUT2D eigenvalue weighted by atomic mass is 9.94. The summed E-state index contributed by atoms with van der Waals surface area (Å²) < 4.78 is 21.0. The van der Waals surface area contributed by atoms with Gasteiger partial charge in [-0.25, -0.2) is 9.78 Å². The van der Waals surface area contributed by atoms with Gasteiger partial charge in [0.15, 0.2) is 5.13 Å². The Labute approximate surface area is 216 Å². The van der Waals surface area contributed by atoms with Gasteiger partial charge in [-0.3, -0.25) is 14.5 Å². The number of carbonyl (C=O) groups is 3. The van der Waals surface area contributed by atoms with E-state index in [9.17, 15) is 19.5 Å². The molecule has 11 heteroatoms. The summed E-state index contributed by atoms with van der Waals surface area (Å²) in [5.41, 5.74) is 0.794. The highest BCUT2D eigenvalue weighted by Gasteiger charge is 2.49. The number of Topliss-reactive ketones (excluding diaryl/α,β-unsaturated/α-hetero) is 1. The number of ketones is 1. The van der Waals surface area contributed by atoms with Crippen molar-refractivity contribution in [2.24, 2.45) is 0 Å². The number of aromatic nitrogens is 1. The van der Waals surface area contributed by atoms with Crippen molar-refractivity contribution >= 4 is 39.9 Å². The molecule has 1 aromatic heterocycles. The summed E-state index contributed by atoms with van der Waals surface area (Å²) in [4.78, 5) is 44.9. The predicted molar refractivity (Wildman–Crippen MR) is 136 cm³/mol. The lowest BCUT2D eigenvalue weighted by molar-refractivity contribution is -0.132. The lowest BCUT2D eigenvalue weighted by Crippen LogP contribution is -2.29. The van der Waals surface area contributed by atoms with E-state index in [1.165, 1.54) is 28.4 Å². The number of aliphatic hydroxyl groups is 1. The summed E-state index contributed by atoms with van der Waals surface area (Å²) in [5, 5.41) is 11.4. The van der Waals surface area contributed by atoms with Crippen LogP contribution in [0.25, 0.3) is 5.76 Å². The number of rotatable bonds is 7. The number of esters is 1. The third-order valence-corrected chi connectivity index (χ3v) is 7.02. The zero-order valence-electron chi connectivity index (χ0n) is 20.7. The fourth-order valence-electron chi connectivity index (χ4n) is 4.07. The van der Waals surface area contributed by atoms with Gasteiger partial charge in [0.25, 0.3) is 5.78 Å². The van der Waals surface area contributed by atoms with Gasteiger partial charge in [-0.15, -0.1) is 0 Å². The van der Waals surface area contributed by atoms with Crippen LogP contribution in [0.4, 0.5) is 5.13 Å². The number of carbonyl (C=O) groups excluding carboxylic acids is 3. The Balaban J connectivity index is 2.01. The van der Waals surface area contributed by atoms with Crippen LogP contribution >= 0.6 is 11.3 Å². The van der Waals surface area contributed by atoms with E-state index in [1.807, 2.05) is 0 Å². The summed E-state index contributed by atoms with van der Waals surface area (Å²) >= 11 is 0.904. The molecule has 192 valence electrons. The van der Waals surface area contributed by atoms with Gasteiger partial charge in [0.2, 0.25) is 0 Å². The maximum absolute atomic E-state index is 13.5. The van der Waals surface area contributed by atoms with Gasteiger partial charge < -0.3 is 24.1 Å². The first-order valence-corrected chi connectivity index (χ1v) is 11.8. The van der Waals surface area contributed by atoms with Crippen molar-refractivity contribution in [1.82, 2.24) is 4.98 Å². The van der Waals surface area contributed by atoms with Gasteiger partial charge in [0, 0.05) is 11.1 Å². The summed E-state index contributed by atoms with van der Waals surface area (Å²) in [6.07, 6.45) is 0. The van der Waals surface area contributed by atoms with Crippen LogP contribution in [0, 0.1) is 6.92 Å². The molecule has 0 bridgehead atoms. The number of anilines is 1. The zero-order valence-corrected chi connectivity index (χ0v) is 21.5. The number of benzene rings is 2. The minimum absolute atomic E-state index is 0.0829. The van der Waals surface area contributed by atoms with Crippen LogP contribution < -0.4 is 19.1 Å².